The summed E-state index contributed by atoms with van der Waals surface area (Å²) in [4.78, 5) is 23.9. The lowest BCUT2D eigenvalue weighted by Crippen LogP contribution is -2.16. The number of nitrogens with zero attached hydrogens (tertiary/aromatic N) is 2. The predicted octanol–water partition coefficient (Wildman–Crippen LogP) is 1.11. The van der Waals surface area contributed by atoms with Crippen molar-refractivity contribution in [3.05, 3.63) is 34.2 Å². The summed E-state index contributed by atoms with van der Waals surface area (Å²) in [7, 11) is 1.30. The number of nitrogen functional groups attached to an aromatic ring is 1. The highest BCUT2D eigenvalue weighted by Crippen LogP contribution is 2.30. The third-order valence-electron chi connectivity index (χ3n) is 2.65. The highest BCUT2D eigenvalue weighted by atomic mass is 32.2. The molecule has 106 valence electrons. The first kappa shape index (κ1) is 14.2. The molecule has 0 aliphatic carbocycles. The number of benzene rings is 1. The van der Waals surface area contributed by atoms with E-state index in [9.17, 15) is 9.59 Å². The molecule has 0 unspecified atom stereocenters. The van der Waals surface area contributed by atoms with Crippen LogP contribution in [0.4, 0.5) is 5.69 Å². The summed E-state index contributed by atoms with van der Waals surface area (Å²) in [5.41, 5.74) is 6.20. The first-order valence-electron chi connectivity index (χ1n) is 5.87. The lowest BCUT2D eigenvalue weighted by Gasteiger charge is -2.08. The lowest BCUT2D eigenvalue weighted by molar-refractivity contribution is 0.0597. The van der Waals surface area contributed by atoms with Crippen LogP contribution in [0.25, 0.3) is 0 Å². The fourth-order valence-electron chi connectivity index (χ4n) is 1.66. The molecular weight excluding hydrogens is 280 g/mol. The number of nitrogens with one attached hydrogen (secondary N) is 1. The molecule has 1 heterocycles. The Bertz CT molecular complexity index is 692. The highest BCUT2D eigenvalue weighted by Gasteiger charge is 2.16. The Labute approximate surface area is 119 Å². The van der Waals surface area contributed by atoms with Crippen LogP contribution >= 0.6 is 11.8 Å². The first-order chi connectivity index (χ1) is 9.56. The molecule has 2 aromatic rings. The zero-order valence-corrected chi connectivity index (χ0v) is 11.9. The van der Waals surface area contributed by atoms with Crippen LogP contribution in [0.2, 0.25) is 0 Å². The summed E-state index contributed by atoms with van der Waals surface area (Å²) in [5.74, 6) is -0.485. The van der Waals surface area contributed by atoms with Gasteiger partial charge in [-0.2, -0.15) is 0 Å². The van der Waals surface area contributed by atoms with Gasteiger partial charge in [0, 0.05) is 17.1 Å². The number of ether oxygens (including phenoxy) is 1. The van der Waals surface area contributed by atoms with Gasteiger partial charge in [0.1, 0.15) is 0 Å². The van der Waals surface area contributed by atoms with Gasteiger partial charge in [-0.1, -0.05) is 0 Å². The zero-order chi connectivity index (χ0) is 14.7. The van der Waals surface area contributed by atoms with Gasteiger partial charge in [-0.25, -0.2) is 14.7 Å². The summed E-state index contributed by atoms with van der Waals surface area (Å²) >= 11 is 1.20. The highest BCUT2D eigenvalue weighted by molar-refractivity contribution is 7.99. The second-order valence-electron chi connectivity index (χ2n) is 3.90. The Hall–Kier alpha value is -2.22. The Morgan fingerprint density at radius 3 is 2.95 bits per heavy atom. The molecule has 0 aliphatic heterocycles. The van der Waals surface area contributed by atoms with Crippen LogP contribution in [-0.4, -0.2) is 27.8 Å². The number of nitrogens with two attached hydrogens (primary N) is 1. The molecule has 0 aliphatic rings. The minimum atomic E-state index is -0.485. The summed E-state index contributed by atoms with van der Waals surface area (Å²) in [6.07, 6.45) is 0. The van der Waals surface area contributed by atoms with Gasteiger partial charge in [0.25, 0.3) is 0 Å². The van der Waals surface area contributed by atoms with Crippen molar-refractivity contribution in [1.82, 2.24) is 14.8 Å². The van der Waals surface area contributed by atoms with E-state index in [1.807, 2.05) is 6.92 Å². The van der Waals surface area contributed by atoms with E-state index in [1.54, 1.807) is 12.1 Å². The average molecular weight is 294 g/mol. The molecule has 0 spiro atoms. The van der Waals surface area contributed by atoms with Crippen molar-refractivity contribution >= 4 is 23.4 Å². The summed E-state index contributed by atoms with van der Waals surface area (Å²) in [5, 5.41) is 6.79. The molecule has 1 aromatic carbocycles. The van der Waals surface area contributed by atoms with Crippen LogP contribution in [0.3, 0.4) is 0 Å². The van der Waals surface area contributed by atoms with Crippen molar-refractivity contribution in [3.63, 3.8) is 0 Å². The summed E-state index contributed by atoms with van der Waals surface area (Å²) in [6.45, 7) is 2.32. The largest absolute Gasteiger partial charge is 0.465 e. The number of H-pyrrole nitrogens is 1. The Morgan fingerprint density at radius 1 is 1.55 bits per heavy atom. The molecule has 0 fully saturated rings. The molecule has 0 atom stereocenters. The molecule has 0 saturated carbocycles. The monoisotopic (exact) mass is 294 g/mol. The van der Waals surface area contributed by atoms with Crippen molar-refractivity contribution < 1.29 is 9.53 Å². The number of carbonyl (C=O) groups excluding carboxylic acids is 1. The number of rotatable bonds is 4. The van der Waals surface area contributed by atoms with Crippen molar-refractivity contribution in [2.75, 3.05) is 12.8 Å². The molecule has 8 heteroatoms. The van der Waals surface area contributed by atoms with Gasteiger partial charge in [-0.3, -0.25) is 4.57 Å². The number of aromatic nitrogens is 3. The van der Waals surface area contributed by atoms with Gasteiger partial charge in [0.2, 0.25) is 0 Å². The van der Waals surface area contributed by atoms with Gasteiger partial charge < -0.3 is 10.5 Å². The van der Waals surface area contributed by atoms with Crippen LogP contribution < -0.4 is 11.4 Å². The van der Waals surface area contributed by atoms with Gasteiger partial charge in [-0.15, -0.1) is 5.10 Å². The van der Waals surface area contributed by atoms with E-state index in [2.05, 4.69) is 10.2 Å². The second-order valence-corrected chi connectivity index (χ2v) is 4.91. The van der Waals surface area contributed by atoms with Crippen molar-refractivity contribution in [1.29, 1.82) is 0 Å². The van der Waals surface area contributed by atoms with Gasteiger partial charge in [0.15, 0.2) is 5.16 Å². The van der Waals surface area contributed by atoms with E-state index < -0.39 is 5.97 Å². The molecule has 0 radical (unpaired) electrons. The summed E-state index contributed by atoms with van der Waals surface area (Å²) < 4.78 is 6.20. The van der Waals surface area contributed by atoms with Crippen LogP contribution in [-0.2, 0) is 11.3 Å². The Kier molecular flexibility index (Phi) is 4.14. The zero-order valence-electron chi connectivity index (χ0n) is 11.0. The van der Waals surface area contributed by atoms with E-state index in [1.165, 1.54) is 29.5 Å². The number of anilines is 1. The minimum absolute atomic E-state index is 0.287. The van der Waals surface area contributed by atoms with Crippen LogP contribution in [0.15, 0.2) is 33.0 Å². The van der Waals surface area contributed by atoms with Crippen molar-refractivity contribution in [2.24, 2.45) is 0 Å². The first-order valence-corrected chi connectivity index (χ1v) is 6.69. The van der Waals surface area contributed by atoms with Crippen LogP contribution in [0.1, 0.15) is 17.3 Å². The maximum atomic E-state index is 11.7. The average Bonchev–Trinajstić information content (AvgIpc) is 2.80. The van der Waals surface area contributed by atoms with Gasteiger partial charge in [-0.05, 0) is 36.9 Å². The third kappa shape index (κ3) is 2.69. The molecule has 0 bridgehead atoms. The van der Waals surface area contributed by atoms with E-state index in [0.29, 0.717) is 27.8 Å². The molecule has 20 heavy (non-hydrogen) atoms. The van der Waals surface area contributed by atoms with E-state index in [0.717, 1.165) is 0 Å². The smallest absolute Gasteiger partial charge is 0.343 e. The van der Waals surface area contributed by atoms with Crippen molar-refractivity contribution in [2.45, 2.75) is 23.5 Å². The molecule has 1 aromatic heterocycles. The number of aromatic amines is 1. The molecule has 2 rings (SSSR count). The molecule has 0 amide bonds. The fourth-order valence-corrected chi connectivity index (χ4v) is 2.66. The number of esters is 1. The van der Waals surface area contributed by atoms with E-state index in [4.69, 9.17) is 10.5 Å². The van der Waals surface area contributed by atoms with E-state index in [-0.39, 0.29) is 5.69 Å². The quantitative estimate of drug-likeness (QED) is 0.647. The number of hydrogen-bond acceptors (Lipinski definition) is 6. The molecule has 3 N–H and O–H groups in total. The molecule has 0 saturated heterocycles. The normalized spacial score (nSPS) is 10.5. The molecule has 7 nitrogen and oxygen atoms in total. The van der Waals surface area contributed by atoms with Crippen LogP contribution in [0.5, 0.6) is 0 Å². The predicted molar refractivity (Wildman–Crippen MR) is 74.8 cm³/mol. The Balaban J connectivity index is 2.43. The Morgan fingerprint density at radius 2 is 2.30 bits per heavy atom. The van der Waals surface area contributed by atoms with Gasteiger partial charge in [0.05, 0.1) is 12.7 Å². The van der Waals surface area contributed by atoms with Crippen LogP contribution in [0, 0.1) is 0 Å². The lowest BCUT2D eigenvalue weighted by atomic mass is 10.2. The number of carbonyl (C=O) groups is 1. The fraction of sp³-hybridized carbons (Fsp3) is 0.250. The van der Waals surface area contributed by atoms with Gasteiger partial charge >= 0.3 is 11.7 Å². The second kappa shape index (κ2) is 5.83. The molecular formula is C12H14N4O3S. The van der Waals surface area contributed by atoms with E-state index >= 15 is 0 Å². The topological polar surface area (TPSA) is 103 Å². The minimum Gasteiger partial charge on any atom is -0.465 e. The number of methoxy groups -OCH3 is 1. The third-order valence-corrected chi connectivity index (χ3v) is 3.72. The van der Waals surface area contributed by atoms with Crippen molar-refractivity contribution in [3.8, 4) is 0 Å². The maximum Gasteiger partial charge on any atom is 0.343 e. The summed E-state index contributed by atoms with van der Waals surface area (Å²) in [6, 6.07) is 4.91. The standard InChI is InChI=1S/C12H14N4O3S/c1-3-16-11(18)14-15-12(16)20-9-5-4-7(13)6-8(9)10(17)19-2/h4-6H,3,13H2,1-2H3,(H,14,18). The number of hydrogen-bond donors (Lipinski definition) is 2. The maximum absolute atomic E-state index is 11.7. The SMILES string of the molecule is CCn1c(Sc2ccc(N)cc2C(=O)OC)n[nH]c1=O.